The molecular weight excluding hydrogens is 268 g/mol. The van der Waals surface area contributed by atoms with Crippen molar-refractivity contribution in [1.82, 2.24) is 10.2 Å². The van der Waals surface area contributed by atoms with Crippen LogP contribution in [0.5, 0.6) is 0 Å². The first-order valence-corrected chi connectivity index (χ1v) is 8.25. The van der Waals surface area contributed by atoms with Gasteiger partial charge >= 0.3 is 0 Å². The lowest BCUT2D eigenvalue weighted by Crippen LogP contribution is -2.47. The third kappa shape index (κ3) is 2.61. The van der Waals surface area contributed by atoms with E-state index >= 15 is 0 Å². The Labute approximate surface area is 126 Å². The molecule has 21 heavy (non-hydrogen) atoms. The molecule has 0 aromatic rings. The fourth-order valence-electron chi connectivity index (χ4n) is 4.25. The number of nitrogens with zero attached hydrogens (tertiary/aromatic N) is 1. The summed E-state index contributed by atoms with van der Waals surface area (Å²) in [7, 11) is 1.90. The maximum atomic E-state index is 12.6. The van der Waals surface area contributed by atoms with E-state index in [1.54, 1.807) is 0 Å². The van der Waals surface area contributed by atoms with E-state index < -0.39 is 0 Å². The number of carbonyl (C=O) groups excluding carboxylic acids is 2. The molecular formula is C16H26N2O3. The molecule has 5 nitrogen and oxygen atoms in total. The van der Waals surface area contributed by atoms with E-state index in [1.807, 2.05) is 7.05 Å². The van der Waals surface area contributed by atoms with Gasteiger partial charge in [0.1, 0.15) is 0 Å². The third-order valence-corrected chi connectivity index (χ3v) is 5.69. The van der Waals surface area contributed by atoms with Crippen LogP contribution in [0, 0.1) is 23.7 Å². The second kappa shape index (κ2) is 6.05. The van der Waals surface area contributed by atoms with E-state index in [9.17, 15) is 9.59 Å². The zero-order valence-electron chi connectivity index (χ0n) is 13.0. The van der Waals surface area contributed by atoms with Crippen LogP contribution in [-0.4, -0.2) is 49.6 Å². The number of fused-ring (bicyclic) bond motifs is 1. The van der Waals surface area contributed by atoms with Crippen molar-refractivity contribution >= 4 is 11.8 Å². The Kier molecular flexibility index (Phi) is 4.31. The lowest BCUT2D eigenvalue weighted by Gasteiger charge is -2.27. The van der Waals surface area contributed by atoms with E-state index in [0.717, 1.165) is 38.9 Å². The highest BCUT2D eigenvalue weighted by molar-refractivity contribution is 6.05. The molecule has 3 aliphatic rings. The molecule has 4 unspecified atom stereocenters. The maximum Gasteiger partial charge on any atom is 0.233 e. The molecule has 118 valence electrons. The Bertz CT molecular complexity index is 396. The van der Waals surface area contributed by atoms with Crippen molar-refractivity contribution in [1.29, 1.82) is 0 Å². The van der Waals surface area contributed by atoms with Crippen LogP contribution in [0.2, 0.25) is 0 Å². The molecule has 4 atom stereocenters. The van der Waals surface area contributed by atoms with E-state index in [0.29, 0.717) is 18.4 Å². The number of ether oxygens (including phenoxy) is 1. The SMILES string of the molecule is CCC1CC2C(=O)N(CC(NC)C3CCOC3)C(=O)C2C1. The van der Waals surface area contributed by atoms with Gasteiger partial charge in [0.25, 0.3) is 0 Å². The molecule has 1 aliphatic carbocycles. The number of carbonyl (C=O) groups is 2. The summed E-state index contributed by atoms with van der Waals surface area (Å²) in [5, 5.41) is 3.27. The van der Waals surface area contributed by atoms with Gasteiger partial charge in [0.05, 0.1) is 18.4 Å². The Balaban J connectivity index is 1.66. The summed E-state index contributed by atoms with van der Waals surface area (Å²) >= 11 is 0. The lowest BCUT2D eigenvalue weighted by atomic mass is 9.98. The molecule has 2 heterocycles. The predicted molar refractivity (Wildman–Crippen MR) is 78.5 cm³/mol. The number of imide groups is 1. The highest BCUT2D eigenvalue weighted by Gasteiger charge is 2.52. The van der Waals surface area contributed by atoms with E-state index in [2.05, 4.69) is 12.2 Å². The quantitative estimate of drug-likeness (QED) is 0.770. The molecule has 2 saturated heterocycles. The Morgan fingerprint density at radius 3 is 2.43 bits per heavy atom. The van der Waals surface area contributed by atoms with Crippen LogP contribution in [0.25, 0.3) is 0 Å². The first-order valence-electron chi connectivity index (χ1n) is 8.25. The summed E-state index contributed by atoms with van der Waals surface area (Å²) in [5.41, 5.74) is 0. The highest BCUT2D eigenvalue weighted by Crippen LogP contribution is 2.44. The van der Waals surface area contributed by atoms with Gasteiger partial charge in [-0.1, -0.05) is 13.3 Å². The van der Waals surface area contributed by atoms with Crippen molar-refractivity contribution in [3.05, 3.63) is 0 Å². The number of amides is 2. The second-order valence-electron chi connectivity index (χ2n) is 6.76. The molecule has 0 aromatic carbocycles. The molecule has 0 spiro atoms. The number of likely N-dealkylation sites (N-methyl/N-ethyl adjacent to an activating group) is 1. The smallest absolute Gasteiger partial charge is 0.233 e. The zero-order valence-corrected chi connectivity index (χ0v) is 13.0. The first-order chi connectivity index (χ1) is 10.2. The van der Waals surface area contributed by atoms with E-state index in [4.69, 9.17) is 4.74 Å². The van der Waals surface area contributed by atoms with Gasteiger partial charge in [0.2, 0.25) is 11.8 Å². The first kappa shape index (κ1) is 15.0. The summed E-state index contributed by atoms with van der Waals surface area (Å²) in [4.78, 5) is 26.7. The fraction of sp³-hybridized carbons (Fsp3) is 0.875. The monoisotopic (exact) mass is 294 g/mol. The van der Waals surface area contributed by atoms with Gasteiger partial charge in [-0.15, -0.1) is 0 Å². The number of hydrogen-bond acceptors (Lipinski definition) is 4. The summed E-state index contributed by atoms with van der Waals surface area (Å²) in [5.74, 6) is 1.01. The summed E-state index contributed by atoms with van der Waals surface area (Å²) in [6, 6.07) is 0.154. The van der Waals surface area contributed by atoms with Crippen molar-refractivity contribution < 1.29 is 14.3 Å². The second-order valence-corrected chi connectivity index (χ2v) is 6.76. The van der Waals surface area contributed by atoms with Crippen LogP contribution in [0.4, 0.5) is 0 Å². The summed E-state index contributed by atoms with van der Waals surface area (Å²) in [6.07, 6.45) is 3.89. The Morgan fingerprint density at radius 2 is 1.95 bits per heavy atom. The molecule has 3 rings (SSSR count). The van der Waals surface area contributed by atoms with E-state index in [-0.39, 0.29) is 29.7 Å². The minimum Gasteiger partial charge on any atom is -0.381 e. The minimum absolute atomic E-state index is 0.0419. The fourth-order valence-corrected chi connectivity index (χ4v) is 4.25. The molecule has 5 heteroatoms. The van der Waals surface area contributed by atoms with Crippen LogP contribution in [0.15, 0.2) is 0 Å². The van der Waals surface area contributed by atoms with Gasteiger partial charge in [-0.3, -0.25) is 14.5 Å². The van der Waals surface area contributed by atoms with Crippen molar-refractivity contribution in [3.8, 4) is 0 Å². The van der Waals surface area contributed by atoms with Crippen molar-refractivity contribution in [3.63, 3.8) is 0 Å². The van der Waals surface area contributed by atoms with Crippen LogP contribution in [0.3, 0.4) is 0 Å². The summed E-state index contributed by atoms with van der Waals surface area (Å²) in [6.45, 7) is 4.17. The van der Waals surface area contributed by atoms with Crippen molar-refractivity contribution in [2.24, 2.45) is 23.7 Å². The van der Waals surface area contributed by atoms with Gasteiger partial charge in [-0.2, -0.15) is 0 Å². The maximum absolute atomic E-state index is 12.6. The molecule has 2 amide bonds. The molecule has 1 N–H and O–H groups in total. The minimum atomic E-state index is -0.0419. The van der Waals surface area contributed by atoms with Crippen molar-refractivity contribution in [2.75, 3.05) is 26.8 Å². The normalized spacial score (nSPS) is 37.3. The number of hydrogen-bond donors (Lipinski definition) is 1. The van der Waals surface area contributed by atoms with Crippen LogP contribution in [0.1, 0.15) is 32.6 Å². The number of nitrogens with one attached hydrogen (secondary N) is 1. The Morgan fingerprint density at radius 1 is 1.29 bits per heavy atom. The Hall–Kier alpha value is -0.940. The van der Waals surface area contributed by atoms with Gasteiger partial charge in [-0.05, 0) is 32.2 Å². The number of rotatable bonds is 5. The van der Waals surface area contributed by atoms with Gasteiger partial charge in [0.15, 0.2) is 0 Å². The summed E-state index contributed by atoms with van der Waals surface area (Å²) < 4.78 is 5.43. The third-order valence-electron chi connectivity index (χ3n) is 5.69. The lowest BCUT2D eigenvalue weighted by molar-refractivity contribution is -0.141. The largest absolute Gasteiger partial charge is 0.381 e. The standard InChI is InChI=1S/C16H26N2O3/c1-3-10-6-12-13(7-10)16(20)18(15(12)19)8-14(17-2)11-4-5-21-9-11/h10-14,17H,3-9H2,1-2H3. The zero-order chi connectivity index (χ0) is 15.0. The van der Waals surface area contributed by atoms with Gasteiger partial charge in [0, 0.05) is 25.1 Å². The van der Waals surface area contributed by atoms with Gasteiger partial charge in [-0.25, -0.2) is 0 Å². The predicted octanol–water partition coefficient (Wildman–Crippen LogP) is 1.03. The van der Waals surface area contributed by atoms with Crippen LogP contribution in [-0.2, 0) is 14.3 Å². The van der Waals surface area contributed by atoms with Crippen molar-refractivity contribution in [2.45, 2.75) is 38.6 Å². The average molecular weight is 294 g/mol. The highest BCUT2D eigenvalue weighted by atomic mass is 16.5. The number of likely N-dealkylation sites (tertiary alicyclic amines) is 1. The van der Waals surface area contributed by atoms with Crippen LogP contribution < -0.4 is 5.32 Å². The molecule has 0 radical (unpaired) electrons. The molecule has 3 fully saturated rings. The molecule has 0 aromatic heterocycles. The van der Waals surface area contributed by atoms with Gasteiger partial charge < -0.3 is 10.1 Å². The molecule has 1 saturated carbocycles. The van der Waals surface area contributed by atoms with Crippen LogP contribution >= 0.6 is 0 Å². The molecule has 0 bridgehead atoms. The average Bonchev–Trinajstić information content (AvgIpc) is 3.19. The molecule has 2 aliphatic heterocycles. The van der Waals surface area contributed by atoms with E-state index in [1.165, 1.54) is 4.90 Å². The topological polar surface area (TPSA) is 58.6 Å².